The summed E-state index contributed by atoms with van der Waals surface area (Å²) in [5, 5.41) is 0.263. The average molecular weight is 277 g/mol. The quantitative estimate of drug-likeness (QED) is 0.838. The van der Waals surface area contributed by atoms with Gasteiger partial charge in [0.2, 0.25) is 0 Å². The lowest BCUT2D eigenvalue weighted by Gasteiger charge is -2.15. The number of aromatic nitrogens is 1. The second-order valence-electron chi connectivity index (χ2n) is 4.02. The summed E-state index contributed by atoms with van der Waals surface area (Å²) in [5.74, 6) is 0. The predicted octanol–water partition coefficient (Wildman–Crippen LogP) is 0.489. The molecule has 0 spiro atoms. The maximum absolute atomic E-state index is 12.1. The van der Waals surface area contributed by atoms with Gasteiger partial charge in [0.1, 0.15) is 0 Å². The molecule has 17 heavy (non-hydrogen) atoms. The summed E-state index contributed by atoms with van der Waals surface area (Å²) in [7, 11) is -3.54. The zero-order valence-electron chi connectivity index (χ0n) is 9.63. The van der Waals surface area contributed by atoms with E-state index in [2.05, 4.69) is 9.71 Å². The topological polar surface area (TPSA) is 94.3 Å². The summed E-state index contributed by atoms with van der Waals surface area (Å²) in [4.78, 5) is 3.92. The van der Waals surface area contributed by atoms with E-state index in [-0.39, 0.29) is 21.5 Å². The summed E-state index contributed by atoms with van der Waals surface area (Å²) in [6.07, 6.45) is 0.587. The molecule has 1 fully saturated rings. The number of hydrogen-bond acceptors (Lipinski definition) is 6. The van der Waals surface area contributed by atoms with Gasteiger partial charge in [0.05, 0.1) is 17.8 Å². The molecule has 0 radical (unpaired) electrons. The van der Waals surface area contributed by atoms with Gasteiger partial charge in [0.25, 0.3) is 10.0 Å². The van der Waals surface area contributed by atoms with Crippen molar-refractivity contribution in [2.75, 3.05) is 12.3 Å². The first-order chi connectivity index (χ1) is 7.90. The molecule has 6 nitrogen and oxygen atoms in total. The van der Waals surface area contributed by atoms with Gasteiger partial charge < -0.3 is 10.5 Å². The smallest absolute Gasteiger partial charge is 0.252 e. The fourth-order valence-corrected chi connectivity index (χ4v) is 4.45. The van der Waals surface area contributed by atoms with Crippen LogP contribution in [0.2, 0.25) is 0 Å². The van der Waals surface area contributed by atoms with Crippen LogP contribution in [0.3, 0.4) is 0 Å². The molecule has 1 aliphatic heterocycles. The van der Waals surface area contributed by atoms with E-state index in [4.69, 9.17) is 10.5 Å². The second kappa shape index (κ2) is 4.52. The lowest BCUT2D eigenvalue weighted by molar-refractivity contribution is 0.117. The Balaban J connectivity index is 2.22. The van der Waals surface area contributed by atoms with Crippen LogP contribution in [0.1, 0.15) is 19.0 Å². The molecule has 1 aromatic rings. The van der Waals surface area contributed by atoms with E-state index >= 15 is 0 Å². The van der Waals surface area contributed by atoms with Crippen LogP contribution in [0.25, 0.3) is 0 Å². The number of rotatable bonds is 3. The molecule has 2 unspecified atom stereocenters. The van der Waals surface area contributed by atoms with Gasteiger partial charge >= 0.3 is 0 Å². The van der Waals surface area contributed by atoms with Crippen molar-refractivity contribution in [3.8, 4) is 0 Å². The van der Waals surface area contributed by atoms with Crippen LogP contribution in [0.5, 0.6) is 0 Å². The third-order valence-corrected chi connectivity index (χ3v) is 5.78. The van der Waals surface area contributed by atoms with Crippen LogP contribution < -0.4 is 10.5 Å². The normalized spacial score (nSPS) is 25.3. The number of thiazole rings is 1. The van der Waals surface area contributed by atoms with Crippen molar-refractivity contribution < 1.29 is 13.2 Å². The molecule has 0 aliphatic carbocycles. The maximum Gasteiger partial charge on any atom is 0.252 e. The molecule has 2 atom stereocenters. The lowest BCUT2D eigenvalue weighted by atomic mass is 10.2. The average Bonchev–Trinajstić information content (AvgIpc) is 2.74. The Labute approximate surface area is 104 Å². The van der Waals surface area contributed by atoms with Crippen LogP contribution >= 0.6 is 11.3 Å². The van der Waals surface area contributed by atoms with Gasteiger partial charge in [0, 0.05) is 6.61 Å². The number of nitrogens with zero attached hydrogens (tertiary/aromatic N) is 1. The fourth-order valence-electron chi connectivity index (χ4n) is 1.79. The molecular formula is C9H15N3O3S2. The standard InChI is InChI=1S/C9H15N3O3S2/c1-5-8(16-9(10)11-5)17(13,14)12-7-3-4-15-6(7)2/h6-7,12H,3-4H2,1-2H3,(H2,10,11). The van der Waals surface area contributed by atoms with Crippen molar-refractivity contribution in [2.45, 2.75) is 36.6 Å². The third-order valence-electron chi connectivity index (χ3n) is 2.70. The van der Waals surface area contributed by atoms with E-state index in [9.17, 15) is 8.42 Å². The monoisotopic (exact) mass is 277 g/mol. The minimum Gasteiger partial charge on any atom is -0.377 e. The number of sulfonamides is 1. The van der Waals surface area contributed by atoms with Crippen molar-refractivity contribution in [2.24, 2.45) is 0 Å². The van der Waals surface area contributed by atoms with Crippen molar-refractivity contribution in [1.82, 2.24) is 9.71 Å². The van der Waals surface area contributed by atoms with Gasteiger partial charge in [-0.25, -0.2) is 18.1 Å². The van der Waals surface area contributed by atoms with E-state index < -0.39 is 10.0 Å². The molecule has 2 rings (SSSR count). The van der Waals surface area contributed by atoms with Gasteiger partial charge in [-0.15, -0.1) is 0 Å². The molecule has 96 valence electrons. The molecular weight excluding hydrogens is 262 g/mol. The highest BCUT2D eigenvalue weighted by Gasteiger charge is 2.31. The third kappa shape index (κ3) is 2.59. The molecule has 0 amide bonds. The number of ether oxygens (including phenoxy) is 1. The molecule has 8 heteroatoms. The summed E-state index contributed by atoms with van der Waals surface area (Å²) in [6.45, 7) is 4.07. The zero-order valence-corrected chi connectivity index (χ0v) is 11.3. The minimum atomic E-state index is -3.54. The van der Waals surface area contributed by atoms with Gasteiger partial charge in [-0.05, 0) is 20.3 Å². The Morgan fingerprint density at radius 2 is 2.29 bits per heavy atom. The number of hydrogen-bond donors (Lipinski definition) is 2. The highest BCUT2D eigenvalue weighted by Crippen LogP contribution is 2.26. The summed E-state index contributed by atoms with van der Waals surface area (Å²) in [6, 6.07) is -0.178. The van der Waals surface area contributed by atoms with Crippen LogP contribution in [0.15, 0.2) is 4.21 Å². The Bertz CT molecular complexity index is 512. The second-order valence-corrected chi connectivity index (χ2v) is 6.96. The van der Waals surface area contributed by atoms with E-state index in [1.807, 2.05) is 6.92 Å². The molecule has 1 aliphatic rings. The Hall–Kier alpha value is -0.700. The first-order valence-electron chi connectivity index (χ1n) is 5.27. The van der Waals surface area contributed by atoms with Gasteiger partial charge in [-0.1, -0.05) is 11.3 Å². The van der Waals surface area contributed by atoms with Crippen molar-refractivity contribution in [1.29, 1.82) is 0 Å². The minimum absolute atomic E-state index is 0.102. The number of nitrogens with one attached hydrogen (secondary N) is 1. The summed E-state index contributed by atoms with van der Waals surface area (Å²) >= 11 is 0.981. The summed E-state index contributed by atoms with van der Waals surface area (Å²) < 4.78 is 32.4. The van der Waals surface area contributed by atoms with Crippen LogP contribution in [-0.4, -0.2) is 32.2 Å². The number of nitrogen functional groups attached to an aromatic ring is 1. The molecule has 1 aromatic heterocycles. The Morgan fingerprint density at radius 3 is 2.76 bits per heavy atom. The molecule has 0 saturated carbocycles. The lowest BCUT2D eigenvalue weighted by Crippen LogP contribution is -2.39. The highest BCUT2D eigenvalue weighted by molar-refractivity contribution is 7.91. The van der Waals surface area contributed by atoms with Gasteiger partial charge in [-0.3, -0.25) is 0 Å². The van der Waals surface area contributed by atoms with Crippen LogP contribution in [-0.2, 0) is 14.8 Å². The fraction of sp³-hybridized carbons (Fsp3) is 0.667. The van der Waals surface area contributed by atoms with Crippen molar-refractivity contribution in [3.05, 3.63) is 5.69 Å². The van der Waals surface area contributed by atoms with Gasteiger partial charge in [-0.2, -0.15) is 0 Å². The summed E-state index contributed by atoms with van der Waals surface area (Å²) in [5.41, 5.74) is 5.94. The van der Waals surface area contributed by atoms with Crippen LogP contribution in [0.4, 0.5) is 5.13 Å². The number of nitrogens with two attached hydrogens (primary N) is 1. The molecule has 0 bridgehead atoms. The largest absolute Gasteiger partial charge is 0.377 e. The molecule has 3 N–H and O–H groups in total. The Morgan fingerprint density at radius 1 is 1.59 bits per heavy atom. The van der Waals surface area contributed by atoms with Crippen LogP contribution in [0, 0.1) is 6.92 Å². The number of anilines is 1. The SMILES string of the molecule is Cc1nc(N)sc1S(=O)(=O)NC1CCOC1C. The van der Waals surface area contributed by atoms with E-state index in [0.29, 0.717) is 18.7 Å². The molecule has 0 aromatic carbocycles. The number of aryl methyl sites for hydroxylation is 1. The van der Waals surface area contributed by atoms with E-state index in [1.165, 1.54) is 0 Å². The molecule has 1 saturated heterocycles. The predicted molar refractivity (Wildman–Crippen MR) is 65.4 cm³/mol. The van der Waals surface area contributed by atoms with Crippen molar-refractivity contribution in [3.63, 3.8) is 0 Å². The Kier molecular flexibility index (Phi) is 3.39. The first-order valence-corrected chi connectivity index (χ1v) is 7.57. The maximum atomic E-state index is 12.1. The first kappa shape index (κ1) is 12.7. The van der Waals surface area contributed by atoms with E-state index in [1.54, 1.807) is 6.92 Å². The highest BCUT2D eigenvalue weighted by atomic mass is 32.2. The zero-order chi connectivity index (χ0) is 12.6. The van der Waals surface area contributed by atoms with E-state index in [0.717, 1.165) is 11.3 Å². The molecule has 2 heterocycles. The van der Waals surface area contributed by atoms with Gasteiger partial charge in [0.15, 0.2) is 9.34 Å². The van der Waals surface area contributed by atoms with Crippen molar-refractivity contribution >= 4 is 26.5 Å².